The normalized spacial score (nSPS) is 17.5. The summed E-state index contributed by atoms with van der Waals surface area (Å²) in [4.78, 5) is 58.3. The second-order valence-corrected chi connectivity index (χ2v) is 15.2. The summed E-state index contributed by atoms with van der Waals surface area (Å²) in [5, 5.41) is 27.9. The van der Waals surface area contributed by atoms with Crippen LogP contribution >= 0.6 is 11.6 Å². The number of rotatable bonds is 10. The number of carbonyl (C=O) groups excluding carboxylic acids is 2. The standard InChI is InChI=1S/C36H41ClF3N5O3.C2F6.C2HF3O2.2CH2O2/c37-27-13-11-25(12-14-27)20-31(42-34(46)21-30-29-8-2-1-6-26(29)22-41-30)35(47)45-18-16-44(17-19-45)32-9-3-4-10-33(32)48-28-7-5-15-43(23-28)24-36(38,39)40;3-1(4,5)2(6,7)8;3-2(4,5)1(6)7;2*2-1-3/h1-4,6,8-14,28,30-31,41H,5,7,15-24H2,(H,42,46);;(H,6,7);2*1H,(H,2,3)/t28-,30?,31+;;;;/m0..../s1. The number of likely N-dealkylation sites (tertiary alicyclic amines) is 1. The molecule has 6 rings (SSSR count). The Hall–Kier alpha value is -6.02. The number of nitrogens with one attached hydrogen (secondary N) is 2. The number of anilines is 1. The van der Waals surface area contributed by atoms with Gasteiger partial charge in [0.1, 0.15) is 17.9 Å². The smallest absolute Gasteiger partial charge is 0.487 e. The van der Waals surface area contributed by atoms with Crippen molar-refractivity contribution in [2.45, 2.75) is 75.1 Å². The minimum absolute atomic E-state index is 0.111. The Morgan fingerprint density at radius 2 is 1.33 bits per heavy atom. The van der Waals surface area contributed by atoms with Crippen LogP contribution in [0.4, 0.5) is 58.4 Å². The number of aliphatic carboxylic acids is 1. The number of hydrogen-bond donors (Lipinski definition) is 5. The van der Waals surface area contributed by atoms with Gasteiger partial charge in [-0.05, 0) is 60.3 Å². The Bertz CT molecular complexity index is 2070. The monoisotopic (exact) mass is 1030 g/mol. The molecule has 2 fully saturated rings. The molecule has 0 aliphatic carbocycles. The molecule has 3 aromatic carbocycles. The summed E-state index contributed by atoms with van der Waals surface area (Å²) in [7, 11) is 0. The minimum atomic E-state index is -6.06. The van der Waals surface area contributed by atoms with E-state index in [0.717, 1.165) is 16.8 Å². The minimum Gasteiger partial charge on any atom is -0.487 e. The van der Waals surface area contributed by atoms with Crippen molar-refractivity contribution in [1.82, 2.24) is 20.4 Å². The summed E-state index contributed by atoms with van der Waals surface area (Å²) in [5.74, 6) is -2.47. The lowest BCUT2D eigenvalue weighted by Gasteiger charge is -2.39. The van der Waals surface area contributed by atoms with Crippen LogP contribution in [0.25, 0.3) is 0 Å². The molecular weight excluding hydrogens is 982 g/mol. The van der Waals surface area contributed by atoms with Gasteiger partial charge in [0, 0.05) is 63.2 Å². The zero-order valence-electron chi connectivity index (χ0n) is 35.8. The van der Waals surface area contributed by atoms with Gasteiger partial charge < -0.3 is 40.5 Å². The fourth-order valence-corrected chi connectivity index (χ4v) is 7.07. The summed E-state index contributed by atoms with van der Waals surface area (Å²) >= 11 is 6.10. The SMILES string of the molecule is FC(F)(F)C(F)(F)F.O=C(CC1NCc2ccccc21)N[C@H](Cc1ccc(Cl)cc1)C(=O)N1CCN(c2ccccc2O[C@H]2CCCN(CC(F)(F)F)C2)CC1.O=C(O)C(F)(F)F.O=CO.O=CO. The van der Waals surface area contributed by atoms with E-state index in [1.54, 1.807) is 17.0 Å². The number of fused-ring (bicyclic) bond motifs is 1. The van der Waals surface area contributed by atoms with E-state index < -0.39 is 43.3 Å². The summed E-state index contributed by atoms with van der Waals surface area (Å²) in [5.41, 5.74) is 4.03. The maximum Gasteiger partial charge on any atom is 0.490 e. The molecule has 14 nitrogen and oxygen atoms in total. The van der Waals surface area contributed by atoms with Crippen LogP contribution in [0, 0.1) is 0 Å². The van der Waals surface area contributed by atoms with Crippen molar-refractivity contribution in [3.05, 3.63) is 94.5 Å². The van der Waals surface area contributed by atoms with E-state index in [2.05, 4.69) is 21.6 Å². The third-order valence-corrected chi connectivity index (χ3v) is 10.1. The number of hydrogen-bond acceptors (Lipinski definition) is 9. The molecule has 3 atom stereocenters. The molecule has 27 heteroatoms. The van der Waals surface area contributed by atoms with Crippen LogP contribution in [-0.2, 0) is 36.9 Å². The van der Waals surface area contributed by atoms with Crippen molar-refractivity contribution < 1.29 is 96.7 Å². The van der Waals surface area contributed by atoms with E-state index in [1.165, 1.54) is 10.5 Å². The van der Waals surface area contributed by atoms with Gasteiger partial charge in [0.25, 0.3) is 12.9 Å². The van der Waals surface area contributed by atoms with Crippen LogP contribution in [0.5, 0.6) is 5.75 Å². The third-order valence-electron chi connectivity index (χ3n) is 9.87. The third kappa shape index (κ3) is 21.0. The van der Waals surface area contributed by atoms with E-state index in [9.17, 15) is 62.3 Å². The molecule has 2 amide bonds. The molecule has 0 saturated carbocycles. The Kier molecular flexibility index (Phi) is 23.3. The van der Waals surface area contributed by atoms with Crippen LogP contribution in [-0.4, -0.2) is 139 Å². The number of halogens is 13. The van der Waals surface area contributed by atoms with Gasteiger partial charge in [-0.3, -0.25) is 24.1 Å². The molecule has 0 bridgehead atoms. The molecule has 2 saturated heterocycles. The molecule has 69 heavy (non-hydrogen) atoms. The van der Waals surface area contributed by atoms with Crippen molar-refractivity contribution >= 4 is 48.0 Å². The first-order valence-corrected chi connectivity index (χ1v) is 20.5. The summed E-state index contributed by atoms with van der Waals surface area (Å²) in [6.07, 6.45) is -19.9. The maximum absolute atomic E-state index is 14.0. The summed E-state index contributed by atoms with van der Waals surface area (Å²) < 4.78 is 140. The molecule has 0 aromatic heterocycles. The zero-order valence-corrected chi connectivity index (χ0v) is 36.6. The van der Waals surface area contributed by atoms with Crippen molar-refractivity contribution in [3.8, 4) is 5.75 Å². The van der Waals surface area contributed by atoms with Gasteiger partial charge in [-0.15, -0.1) is 0 Å². The Balaban J connectivity index is 0.000000652. The lowest BCUT2D eigenvalue weighted by molar-refractivity contribution is -0.339. The van der Waals surface area contributed by atoms with Crippen molar-refractivity contribution in [2.24, 2.45) is 0 Å². The van der Waals surface area contributed by atoms with Gasteiger partial charge in [0.15, 0.2) is 0 Å². The predicted octanol–water partition coefficient (Wildman–Crippen LogP) is 7.50. The number of piperidine rings is 1. The highest BCUT2D eigenvalue weighted by Gasteiger charge is 2.59. The summed E-state index contributed by atoms with van der Waals surface area (Å²) in [6, 6.07) is 22.0. The van der Waals surface area contributed by atoms with Gasteiger partial charge >= 0.3 is 30.7 Å². The van der Waals surface area contributed by atoms with E-state index in [-0.39, 0.29) is 49.9 Å². The Morgan fingerprint density at radius 1 is 0.797 bits per heavy atom. The van der Waals surface area contributed by atoms with Crippen molar-refractivity contribution in [3.63, 3.8) is 0 Å². The lowest BCUT2D eigenvalue weighted by atomic mass is 10.0. The highest BCUT2D eigenvalue weighted by Crippen LogP contribution is 2.36. The maximum atomic E-state index is 14.0. The van der Waals surface area contributed by atoms with Gasteiger partial charge in [-0.2, -0.15) is 52.7 Å². The second-order valence-electron chi connectivity index (χ2n) is 14.8. The van der Waals surface area contributed by atoms with Crippen molar-refractivity contribution in [1.29, 1.82) is 0 Å². The Morgan fingerprint density at radius 3 is 1.87 bits per heavy atom. The number of alkyl halides is 12. The molecule has 3 aliphatic heterocycles. The first-order valence-electron chi connectivity index (χ1n) is 20.2. The number of para-hydroxylation sites is 2. The van der Waals surface area contributed by atoms with E-state index in [4.69, 9.17) is 46.0 Å². The number of amides is 2. The van der Waals surface area contributed by atoms with Gasteiger partial charge in [-0.1, -0.05) is 60.1 Å². The van der Waals surface area contributed by atoms with Gasteiger partial charge in [-0.25, -0.2) is 4.79 Å². The average Bonchev–Trinajstić information content (AvgIpc) is 3.66. The molecule has 384 valence electrons. The molecule has 3 heterocycles. The number of carboxylic acid groups (broad SMARTS) is 3. The van der Waals surface area contributed by atoms with Crippen LogP contribution < -0.4 is 20.3 Å². The quantitative estimate of drug-likeness (QED) is 0.0996. The fraction of sp³-hybridized carbons (Fsp3) is 0.452. The lowest BCUT2D eigenvalue weighted by Crippen LogP contribution is -2.55. The number of nitrogens with zero attached hydrogens (tertiary/aromatic N) is 3. The number of carbonyl (C=O) groups is 5. The van der Waals surface area contributed by atoms with Gasteiger partial charge in [0.2, 0.25) is 11.8 Å². The van der Waals surface area contributed by atoms with Crippen molar-refractivity contribution in [2.75, 3.05) is 50.7 Å². The molecular formula is C42H46ClF12N5O9. The fourth-order valence-electron chi connectivity index (χ4n) is 6.95. The highest BCUT2D eigenvalue weighted by atomic mass is 35.5. The average molecular weight is 1030 g/mol. The Labute approximate surface area is 390 Å². The topological polar surface area (TPSA) is 189 Å². The highest BCUT2D eigenvalue weighted by molar-refractivity contribution is 6.30. The predicted molar refractivity (Wildman–Crippen MR) is 222 cm³/mol. The van der Waals surface area contributed by atoms with Crippen LogP contribution in [0.1, 0.15) is 42.0 Å². The van der Waals surface area contributed by atoms with Crippen LogP contribution in [0.15, 0.2) is 72.8 Å². The van der Waals surface area contributed by atoms with Crippen LogP contribution in [0.3, 0.4) is 0 Å². The molecule has 3 aromatic rings. The second kappa shape index (κ2) is 27.2. The number of benzene rings is 3. The largest absolute Gasteiger partial charge is 0.490 e. The zero-order chi connectivity index (χ0) is 52.2. The molecule has 1 unspecified atom stereocenters. The molecule has 3 aliphatic rings. The molecule has 0 spiro atoms. The first-order chi connectivity index (χ1) is 32.1. The van der Waals surface area contributed by atoms with E-state index >= 15 is 0 Å². The number of carboxylic acids is 1. The van der Waals surface area contributed by atoms with E-state index in [1.807, 2.05) is 54.6 Å². The van der Waals surface area contributed by atoms with Gasteiger partial charge in [0.05, 0.1) is 12.2 Å². The van der Waals surface area contributed by atoms with Crippen LogP contribution in [0.2, 0.25) is 5.02 Å². The van der Waals surface area contributed by atoms with E-state index in [0.29, 0.717) is 69.3 Å². The number of ether oxygens (including phenoxy) is 1. The number of piperazine rings is 1. The molecule has 0 radical (unpaired) electrons. The summed E-state index contributed by atoms with van der Waals surface area (Å²) in [6.45, 7) is 1.87. The molecule has 5 N–H and O–H groups in total. The first kappa shape index (κ1) is 59.1.